The maximum Gasteiger partial charge on any atom is 0.411 e. The molecule has 3 fully saturated rings. The Kier molecular flexibility index (Phi) is 8.65. The molecule has 3 aliphatic rings. The fraction of sp³-hybridized carbons (Fsp3) is 0.552. The number of morpholine rings is 1. The molecule has 3 aliphatic heterocycles. The highest BCUT2D eigenvalue weighted by molar-refractivity contribution is 5.89. The van der Waals surface area contributed by atoms with Gasteiger partial charge >= 0.3 is 12.2 Å². The predicted octanol–water partition coefficient (Wildman–Crippen LogP) is 3.38. The number of anilines is 2. The molecule has 2 amide bonds. The summed E-state index contributed by atoms with van der Waals surface area (Å²) >= 11 is 0. The summed E-state index contributed by atoms with van der Waals surface area (Å²) in [6.45, 7) is 7.21. The van der Waals surface area contributed by atoms with Crippen molar-refractivity contribution in [3.8, 4) is 11.4 Å². The SMILES string of the molecule is COC(=O)N1CCC(n2ncc3c(N4CCOCC4)nc(-c4ccc(NC(=O)OCCN5CCCC5)cc4)nc32)CC1. The highest BCUT2D eigenvalue weighted by atomic mass is 16.5. The van der Waals surface area contributed by atoms with Crippen LogP contribution >= 0.6 is 0 Å². The summed E-state index contributed by atoms with van der Waals surface area (Å²) in [4.78, 5) is 40.5. The second kappa shape index (κ2) is 12.9. The number of amides is 2. The molecule has 0 unspecified atom stereocenters. The molecule has 13 heteroatoms. The van der Waals surface area contributed by atoms with Crippen molar-refractivity contribution >= 4 is 34.7 Å². The molecular formula is C29H38N8O5. The Balaban J connectivity index is 1.21. The molecule has 0 saturated carbocycles. The minimum atomic E-state index is -0.462. The van der Waals surface area contributed by atoms with Gasteiger partial charge in [-0.05, 0) is 63.0 Å². The van der Waals surface area contributed by atoms with E-state index in [9.17, 15) is 9.59 Å². The Morgan fingerprint density at radius 2 is 1.74 bits per heavy atom. The van der Waals surface area contributed by atoms with Crippen LogP contribution in [0.2, 0.25) is 0 Å². The quantitative estimate of drug-likeness (QED) is 0.446. The standard InChI is InChI=1S/C29H38N8O5/c1-40-29(39)36-12-8-23(9-13-36)37-27-24(20-30-37)26(35-15-17-41-18-16-35)32-25(33-27)21-4-6-22(7-5-21)31-28(38)42-19-14-34-10-2-3-11-34/h4-7,20,23H,2-3,8-19H2,1H3,(H,31,38). The highest BCUT2D eigenvalue weighted by Gasteiger charge is 2.28. The van der Waals surface area contributed by atoms with Crippen molar-refractivity contribution in [2.45, 2.75) is 31.7 Å². The van der Waals surface area contributed by atoms with Crippen molar-refractivity contribution in [3.63, 3.8) is 0 Å². The summed E-state index contributed by atoms with van der Waals surface area (Å²) < 4.78 is 17.8. The monoisotopic (exact) mass is 578 g/mol. The number of rotatable bonds is 7. The van der Waals surface area contributed by atoms with Crippen molar-refractivity contribution in [1.82, 2.24) is 29.5 Å². The molecule has 6 rings (SSSR count). The summed E-state index contributed by atoms with van der Waals surface area (Å²) in [5.74, 6) is 1.41. The van der Waals surface area contributed by atoms with Crippen LogP contribution in [0.1, 0.15) is 31.7 Å². The van der Waals surface area contributed by atoms with Gasteiger partial charge in [0.05, 0.1) is 37.9 Å². The van der Waals surface area contributed by atoms with Crippen LogP contribution in [0.5, 0.6) is 0 Å². The van der Waals surface area contributed by atoms with Crippen LogP contribution in [0.25, 0.3) is 22.4 Å². The fourth-order valence-electron chi connectivity index (χ4n) is 5.88. The fourth-order valence-corrected chi connectivity index (χ4v) is 5.88. The number of methoxy groups -OCH3 is 1. The van der Waals surface area contributed by atoms with E-state index in [0.29, 0.717) is 44.4 Å². The van der Waals surface area contributed by atoms with E-state index in [0.717, 1.165) is 68.0 Å². The van der Waals surface area contributed by atoms with Gasteiger partial charge in [0.2, 0.25) is 0 Å². The summed E-state index contributed by atoms with van der Waals surface area (Å²) in [6, 6.07) is 7.57. The number of ether oxygens (including phenoxy) is 3. The highest BCUT2D eigenvalue weighted by Crippen LogP contribution is 2.32. The zero-order valence-electron chi connectivity index (χ0n) is 24.0. The third-order valence-corrected chi connectivity index (χ3v) is 8.22. The number of benzene rings is 1. The normalized spacial score (nSPS) is 18.4. The number of piperidine rings is 1. The molecule has 1 aromatic carbocycles. The van der Waals surface area contributed by atoms with Crippen molar-refractivity contribution in [3.05, 3.63) is 30.5 Å². The van der Waals surface area contributed by atoms with Crippen LogP contribution in [0.15, 0.2) is 30.5 Å². The summed E-state index contributed by atoms with van der Waals surface area (Å²) in [7, 11) is 1.41. The van der Waals surface area contributed by atoms with E-state index < -0.39 is 6.09 Å². The van der Waals surface area contributed by atoms with Crippen LogP contribution in [-0.4, -0.2) is 114 Å². The van der Waals surface area contributed by atoms with Gasteiger partial charge in [-0.2, -0.15) is 5.10 Å². The van der Waals surface area contributed by atoms with Gasteiger partial charge in [-0.15, -0.1) is 0 Å². The first-order valence-electron chi connectivity index (χ1n) is 14.8. The van der Waals surface area contributed by atoms with Gasteiger partial charge in [0.25, 0.3) is 0 Å². The zero-order chi connectivity index (χ0) is 28.9. The molecule has 0 spiro atoms. The molecule has 5 heterocycles. The van der Waals surface area contributed by atoms with E-state index in [2.05, 4.69) is 15.1 Å². The molecule has 0 atom stereocenters. The molecule has 0 aliphatic carbocycles. The average molecular weight is 579 g/mol. The van der Waals surface area contributed by atoms with E-state index in [1.165, 1.54) is 20.0 Å². The Morgan fingerprint density at radius 3 is 2.45 bits per heavy atom. The Hall–Kier alpha value is -3.97. The van der Waals surface area contributed by atoms with Gasteiger partial charge in [0, 0.05) is 44.0 Å². The number of nitrogens with one attached hydrogen (secondary N) is 1. The van der Waals surface area contributed by atoms with Gasteiger partial charge in [0.1, 0.15) is 12.4 Å². The Bertz CT molecular complexity index is 1380. The summed E-state index contributed by atoms with van der Waals surface area (Å²) in [5, 5.41) is 8.46. The number of nitrogens with zero attached hydrogens (tertiary/aromatic N) is 7. The number of likely N-dealkylation sites (tertiary alicyclic amines) is 2. The smallest absolute Gasteiger partial charge is 0.411 e. The Morgan fingerprint density at radius 1 is 1.00 bits per heavy atom. The molecule has 0 bridgehead atoms. The van der Waals surface area contributed by atoms with Crippen molar-refractivity contribution < 1.29 is 23.8 Å². The van der Waals surface area contributed by atoms with Crippen LogP contribution in [-0.2, 0) is 14.2 Å². The van der Waals surface area contributed by atoms with Crippen molar-refractivity contribution in [2.24, 2.45) is 0 Å². The average Bonchev–Trinajstić information content (AvgIpc) is 3.71. The lowest BCUT2D eigenvalue weighted by Crippen LogP contribution is -2.39. The first-order valence-corrected chi connectivity index (χ1v) is 14.8. The number of carbonyl (C=O) groups is 2. The number of aromatic nitrogens is 4. The molecule has 42 heavy (non-hydrogen) atoms. The van der Waals surface area contributed by atoms with Crippen LogP contribution in [0, 0.1) is 0 Å². The largest absolute Gasteiger partial charge is 0.453 e. The molecule has 224 valence electrons. The number of carbonyl (C=O) groups excluding carboxylic acids is 2. The third-order valence-electron chi connectivity index (χ3n) is 8.22. The van der Waals surface area contributed by atoms with Crippen molar-refractivity contribution in [1.29, 1.82) is 0 Å². The van der Waals surface area contributed by atoms with Crippen LogP contribution in [0.4, 0.5) is 21.1 Å². The minimum absolute atomic E-state index is 0.103. The maximum atomic E-state index is 12.3. The van der Waals surface area contributed by atoms with E-state index in [1.54, 1.807) is 4.90 Å². The van der Waals surface area contributed by atoms with E-state index in [-0.39, 0.29) is 12.1 Å². The second-order valence-corrected chi connectivity index (χ2v) is 10.9. The lowest BCUT2D eigenvalue weighted by Gasteiger charge is -2.31. The minimum Gasteiger partial charge on any atom is -0.453 e. The number of hydrogen-bond acceptors (Lipinski definition) is 10. The molecule has 2 aromatic heterocycles. The van der Waals surface area contributed by atoms with Gasteiger partial charge < -0.3 is 24.0 Å². The lowest BCUT2D eigenvalue weighted by atomic mass is 10.1. The first-order chi connectivity index (χ1) is 20.6. The first kappa shape index (κ1) is 28.2. The van der Waals surface area contributed by atoms with E-state index in [1.807, 2.05) is 35.1 Å². The molecular weight excluding hydrogens is 540 g/mol. The predicted molar refractivity (Wildman–Crippen MR) is 157 cm³/mol. The molecule has 1 N–H and O–H groups in total. The third kappa shape index (κ3) is 6.26. The van der Waals surface area contributed by atoms with E-state index in [4.69, 9.17) is 29.3 Å². The molecule has 3 aromatic rings. The molecule has 13 nitrogen and oxygen atoms in total. The summed E-state index contributed by atoms with van der Waals surface area (Å²) in [5.41, 5.74) is 2.23. The van der Waals surface area contributed by atoms with E-state index >= 15 is 0 Å². The van der Waals surface area contributed by atoms with Crippen molar-refractivity contribution in [2.75, 3.05) is 83.0 Å². The Labute approximate surface area is 244 Å². The topological polar surface area (TPSA) is 127 Å². The van der Waals surface area contributed by atoms with Gasteiger partial charge in [-0.25, -0.2) is 24.2 Å². The maximum absolute atomic E-state index is 12.3. The lowest BCUT2D eigenvalue weighted by molar-refractivity contribution is 0.106. The van der Waals surface area contributed by atoms with Gasteiger partial charge in [-0.3, -0.25) is 10.2 Å². The number of fused-ring (bicyclic) bond motifs is 1. The second-order valence-electron chi connectivity index (χ2n) is 10.9. The number of hydrogen-bond donors (Lipinski definition) is 1. The summed E-state index contributed by atoms with van der Waals surface area (Å²) in [6.07, 6.45) is 5.02. The van der Waals surface area contributed by atoms with Gasteiger partial charge in [0.15, 0.2) is 11.5 Å². The molecule has 0 radical (unpaired) electrons. The van der Waals surface area contributed by atoms with Gasteiger partial charge in [-0.1, -0.05) is 0 Å². The van der Waals surface area contributed by atoms with Crippen LogP contribution < -0.4 is 10.2 Å². The zero-order valence-corrected chi connectivity index (χ0v) is 24.0. The van der Waals surface area contributed by atoms with Crippen LogP contribution in [0.3, 0.4) is 0 Å². The molecule has 3 saturated heterocycles.